The number of rotatable bonds is 5. The molecule has 3 aromatic rings. The number of carbonyl (C=O) groups excluding carboxylic acids is 1. The van der Waals surface area contributed by atoms with E-state index in [1.165, 1.54) is 14.0 Å². The van der Waals surface area contributed by atoms with E-state index in [1.807, 2.05) is 48.6 Å². The van der Waals surface area contributed by atoms with Crippen LogP contribution in [0.25, 0.3) is 23.1 Å². The van der Waals surface area contributed by atoms with Gasteiger partial charge in [-0.05, 0) is 35.9 Å². The first-order valence-electron chi connectivity index (χ1n) is 8.09. The van der Waals surface area contributed by atoms with Crippen LogP contribution in [0.4, 0.5) is 0 Å². The lowest BCUT2D eigenvalue weighted by Crippen LogP contribution is -2.02. The molecule has 0 atom stereocenters. The SMILES string of the molecule is COc1cc(C=Cc2ccc3cccc(OC)c3n2)ccc1OC(C)=O. The molecule has 0 aliphatic carbocycles. The summed E-state index contributed by atoms with van der Waals surface area (Å²) in [6.07, 6.45) is 3.83. The van der Waals surface area contributed by atoms with Gasteiger partial charge in [0.2, 0.25) is 0 Å². The minimum Gasteiger partial charge on any atom is -0.494 e. The monoisotopic (exact) mass is 349 g/mol. The summed E-state index contributed by atoms with van der Waals surface area (Å²) in [5.41, 5.74) is 2.53. The smallest absolute Gasteiger partial charge is 0.308 e. The minimum absolute atomic E-state index is 0.388. The van der Waals surface area contributed by atoms with E-state index in [4.69, 9.17) is 14.2 Å². The zero-order chi connectivity index (χ0) is 18.5. The number of hydrogen-bond acceptors (Lipinski definition) is 5. The lowest BCUT2D eigenvalue weighted by Gasteiger charge is -2.08. The van der Waals surface area contributed by atoms with Crippen molar-refractivity contribution in [3.63, 3.8) is 0 Å². The van der Waals surface area contributed by atoms with Crippen molar-refractivity contribution in [2.45, 2.75) is 6.92 Å². The van der Waals surface area contributed by atoms with Gasteiger partial charge in [-0.1, -0.05) is 30.3 Å². The van der Waals surface area contributed by atoms with E-state index in [-0.39, 0.29) is 5.97 Å². The first kappa shape index (κ1) is 17.5. The van der Waals surface area contributed by atoms with Crippen LogP contribution in [0.1, 0.15) is 18.2 Å². The van der Waals surface area contributed by atoms with Crippen LogP contribution in [0, 0.1) is 0 Å². The van der Waals surface area contributed by atoms with E-state index >= 15 is 0 Å². The molecule has 0 aliphatic rings. The maximum atomic E-state index is 11.1. The van der Waals surface area contributed by atoms with Crippen LogP contribution >= 0.6 is 0 Å². The molecule has 26 heavy (non-hydrogen) atoms. The largest absolute Gasteiger partial charge is 0.494 e. The average Bonchev–Trinajstić information content (AvgIpc) is 2.66. The number of carbonyl (C=O) groups is 1. The molecule has 0 unspecified atom stereocenters. The van der Waals surface area contributed by atoms with E-state index in [0.717, 1.165) is 27.9 Å². The van der Waals surface area contributed by atoms with Gasteiger partial charge in [-0.2, -0.15) is 0 Å². The van der Waals surface area contributed by atoms with Gasteiger partial charge in [0.1, 0.15) is 11.3 Å². The Morgan fingerprint density at radius 1 is 0.923 bits per heavy atom. The first-order chi connectivity index (χ1) is 12.6. The Balaban J connectivity index is 1.90. The second-order valence-corrected chi connectivity index (χ2v) is 5.61. The summed E-state index contributed by atoms with van der Waals surface area (Å²) >= 11 is 0. The lowest BCUT2D eigenvalue weighted by molar-refractivity contribution is -0.132. The number of pyridine rings is 1. The number of fused-ring (bicyclic) bond motifs is 1. The predicted octanol–water partition coefficient (Wildman–Crippen LogP) is 4.35. The maximum Gasteiger partial charge on any atom is 0.308 e. The van der Waals surface area contributed by atoms with Gasteiger partial charge in [0, 0.05) is 12.3 Å². The van der Waals surface area contributed by atoms with Crippen molar-refractivity contribution in [1.82, 2.24) is 4.98 Å². The van der Waals surface area contributed by atoms with Gasteiger partial charge in [0.05, 0.1) is 19.9 Å². The van der Waals surface area contributed by atoms with Crippen molar-refractivity contribution in [3.05, 3.63) is 59.8 Å². The molecule has 0 saturated carbocycles. The molecule has 3 rings (SSSR count). The van der Waals surface area contributed by atoms with E-state index in [2.05, 4.69) is 4.98 Å². The van der Waals surface area contributed by atoms with E-state index in [9.17, 15) is 4.79 Å². The van der Waals surface area contributed by atoms with Gasteiger partial charge in [-0.3, -0.25) is 4.79 Å². The number of aromatic nitrogens is 1. The Labute approximate surface area is 151 Å². The molecule has 0 bridgehead atoms. The van der Waals surface area contributed by atoms with E-state index < -0.39 is 0 Å². The Hall–Kier alpha value is -3.34. The Kier molecular flexibility index (Phi) is 5.17. The first-order valence-corrected chi connectivity index (χ1v) is 8.09. The summed E-state index contributed by atoms with van der Waals surface area (Å²) < 4.78 is 15.8. The summed E-state index contributed by atoms with van der Waals surface area (Å²) in [5, 5.41) is 1.02. The van der Waals surface area contributed by atoms with Gasteiger partial charge in [0.15, 0.2) is 11.5 Å². The highest BCUT2D eigenvalue weighted by molar-refractivity contribution is 5.86. The van der Waals surface area contributed by atoms with Crippen LogP contribution in [0.15, 0.2) is 48.5 Å². The van der Waals surface area contributed by atoms with Gasteiger partial charge >= 0.3 is 5.97 Å². The summed E-state index contributed by atoms with van der Waals surface area (Å²) in [6, 6.07) is 15.1. The van der Waals surface area contributed by atoms with Gasteiger partial charge < -0.3 is 14.2 Å². The molecule has 0 fully saturated rings. The molecule has 5 heteroatoms. The van der Waals surface area contributed by atoms with Crippen molar-refractivity contribution in [1.29, 1.82) is 0 Å². The zero-order valence-corrected chi connectivity index (χ0v) is 14.9. The Morgan fingerprint density at radius 2 is 1.73 bits per heavy atom. The van der Waals surface area contributed by atoms with Crippen molar-refractivity contribution >= 4 is 29.0 Å². The fraction of sp³-hybridized carbons (Fsp3) is 0.143. The molecule has 2 aromatic carbocycles. The Morgan fingerprint density at radius 3 is 2.46 bits per heavy atom. The normalized spacial score (nSPS) is 10.9. The molecular weight excluding hydrogens is 330 g/mol. The summed E-state index contributed by atoms with van der Waals surface area (Å²) in [5.74, 6) is 1.24. The predicted molar refractivity (Wildman–Crippen MR) is 102 cm³/mol. The highest BCUT2D eigenvalue weighted by Gasteiger charge is 2.07. The number of methoxy groups -OCH3 is 2. The van der Waals surface area contributed by atoms with Gasteiger partial charge in [-0.25, -0.2) is 4.98 Å². The third-order valence-electron chi connectivity index (χ3n) is 3.81. The number of para-hydroxylation sites is 1. The topological polar surface area (TPSA) is 57.6 Å². The fourth-order valence-corrected chi connectivity index (χ4v) is 2.60. The summed E-state index contributed by atoms with van der Waals surface area (Å²) in [4.78, 5) is 15.8. The molecule has 0 N–H and O–H groups in total. The fourth-order valence-electron chi connectivity index (χ4n) is 2.60. The molecule has 1 aromatic heterocycles. The summed E-state index contributed by atoms with van der Waals surface area (Å²) in [6.45, 7) is 1.35. The third kappa shape index (κ3) is 3.83. The van der Waals surface area contributed by atoms with Crippen molar-refractivity contribution in [2.75, 3.05) is 14.2 Å². The van der Waals surface area contributed by atoms with Crippen LogP contribution in [-0.2, 0) is 4.79 Å². The second-order valence-electron chi connectivity index (χ2n) is 5.61. The van der Waals surface area contributed by atoms with Gasteiger partial charge in [-0.15, -0.1) is 0 Å². The van der Waals surface area contributed by atoms with Crippen molar-refractivity contribution in [3.8, 4) is 17.2 Å². The van der Waals surface area contributed by atoms with Crippen LogP contribution in [0.3, 0.4) is 0 Å². The lowest BCUT2D eigenvalue weighted by atomic mass is 10.1. The number of ether oxygens (including phenoxy) is 3. The molecule has 1 heterocycles. The molecule has 0 spiro atoms. The Bertz CT molecular complexity index is 979. The second kappa shape index (κ2) is 7.70. The zero-order valence-electron chi connectivity index (χ0n) is 14.9. The molecule has 0 saturated heterocycles. The van der Waals surface area contributed by atoms with E-state index in [1.54, 1.807) is 19.2 Å². The molecule has 132 valence electrons. The molecule has 0 amide bonds. The van der Waals surface area contributed by atoms with E-state index in [0.29, 0.717) is 11.5 Å². The van der Waals surface area contributed by atoms with Crippen molar-refractivity contribution in [2.24, 2.45) is 0 Å². The van der Waals surface area contributed by atoms with Crippen LogP contribution in [-0.4, -0.2) is 25.2 Å². The molecular formula is C21H19NO4. The van der Waals surface area contributed by atoms with Crippen LogP contribution in [0.2, 0.25) is 0 Å². The summed E-state index contributed by atoms with van der Waals surface area (Å²) in [7, 11) is 3.17. The van der Waals surface area contributed by atoms with Crippen molar-refractivity contribution < 1.29 is 19.0 Å². The minimum atomic E-state index is -0.388. The third-order valence-corrected chi connectivity index (χ3v) is 3.81. The standard InChI is InChI=1S/C21H19NO4/c1-14(23)26-18-12-8-15(13-20(18)25-3)7-10-17-11-9-16-5-4-6-19(24-2)21(16)22-17/h4-13H,1-3H3. The highest BCUT2D eigenvalue weighted by Crippen LogP contribution is 2.29. The number of esters is 1. The number of nitrogens with zero attached hydrogens (tertiary/aromatic N) is 1. The van der Waals surface area contributed by atoms with Gasteiger partial charge in [0.25, 0.3) is 0 Å². The maximum absolute atomic E-state index is 11.1. The molecule has 5 nitrogen and oxygen atoms in total. The number of hydrogen-bond donors (Lipinski definition) is 0. The van der Waals surface area contributed by atoms with Crippen LogP contribution < -0.4 is 14.2 Å². The quantitative estimate of drug-likeness (QED) is 0.506. The molecule has 0 aliphatic heterocycles. The number of benzene rings is 2. The van der Waals surface area contributed by atoms with Crippen LogP contribution in [0.5, 0.6) is 17.2 Å². The average molecular weight is 349 g/mol. The molecule has 0 radical (unpaired) electrons. The highest BCUT2D eigenvalue weighted by atomic mass is 16.6.